The maximum Gasteiger partial charge on any atom is 0.207 e. The topological polar surface area (TPSA) is 27.7 Å². The molecule has 4 rings (SSSR count). The molecule has 3 aromatic rings. The average molecular weight is 440 g/mol. The number of rotatable bonds is 8. The van der Waals surface area contributed by atoms with Crippen LogP contribution in [-0.4, -0.2) is 6.61 Å². The zero-order valence-electron chi connectivity index (χ0n) is 17.7. The van der Waals surface area contributed by atoms with Crippen molar-refractivity contribution in [1.82, 2.24) is 0 Å². The molecule has 32 heavy (non-hydrogen) atoms. The second kappa shape index (κ2) is 9.39. The van der Waals surface area contributed by atoms with Crippen LogP contribution in [0.1, 0.15) is 35.6 Å². The highest BCUT2D eigenvalue weighted by atomic mass is 19.2. The van der Waals surface area contributed by atoms with Crippen LogP contribution >= 0.6 is 0 Å². The first-order chi connectivity index (χ1) is 15.5. The lowest BCUT2D eigenvalue weighted by Crippen LogP contribution is -2.10. The van der Waals surface area contributed by atoms with Crippen LogP contribution in [0.25, 0.3) is 0 Å². The van der Waals surface area contributed by atoms with Gasteiger partial charge in [-0.2, -0.15) is 13.2 Å². The number of benzene rings is 3. The molecule has 1 aliphatic rings. The molecule has 1 heterocycles. The van der Waals surface area contributed by atoms with Crippen molar-refractivity contribution < 1.29 is 27.4 Å². The molecule has 0 spiro atoms. The quantitative estimate of drug-likeness (QED) is 0.279. The summed E-state index contributed by atoms with van der Waals surface area (Å²) in [7, 11) is 0. The minimum atomic E-state index is -1.20. The summed E-state index contributed by atoms with van der Waals surface area (Å²) in [5, 5.41) is 0. The summed E-state index contributed by atoms with van der Waals surface area (Å²) < 4.78 is 60.1. The van der Waals surface area contributed by atoms with Crippen LogP contribution < -0.4 is 14.2 Å². The van der Waals surface area contributed by atoms with Crippen LogP contribution in [0.5, 0.6) is 23.0 Å². The van der Waals surface area contributed by atoms with Crippen LogP contribution in [0, 0.1) is 17.5 Å². The summed E-state index contributed by atoms with van der Waals surface area (Å²) in [6.07, 6.45) is 3.86. The first-order valence-electron chi connectivity index (χ1n) is 10.5. The molecule has 0 radical (unpaired) electrons. The van der Waals surface area contributed by atoms with E-state index < -0.39 is 17.5 Å². The molecule has 0 amide bonds. The number of aryl methyl sites for hydroxylation is 1. The lowest BCUT2D eigenvalue weighted by atomic mass is 9.99. The zero-order valence-corrected chi connectivity index (χ0v) is 17.7. The van der Waals surface area contributed by atoms with Crippen molar-refractivity contribution in [2.75, 3.05) is 6.61 Å². The number of fused-ring (bicyclic) bond motifs is 2. The van der Waals surface area contributed by atoms with Crippen LogP contribution in [0.15, 0.2) is 55.1 Å². The maximum atomic E-state index is 15.1. The Morgan fingerprint density at radius 2 is 1.59 bits per heavy atom. The zero-order chi connectivity index (χ0) is 22.7. The first-order valence-corrected chi connectivity index (χ1v) is 10.5. The maximum absolute atomic E-state index is 15.1. The summed E-state index contributed by atoms with van der Waals surface area (Å²) in [5.41, 5.74) is 2.97. The predicted molar refractivity (Wildman–Crippen MR) is 116 cm³/mol. The Bertz CT molecular complexity index is 1140. The van der Waals surface area contributed by atoms with Gasteiger partial charge >= 0.3 is 0 Å². The molecule has 166 valence electrons. The molecule has 1 aliphatic heterocycles. The van der Waals surface area contributed by atoms with Gasteiger partial charge in [-0.15, -0.1) is 6.58 Å². The smallest absolute Gasteiger partial charge is 0.207 e. The van der Waals surface area contributed by atoms with Gasteiger partial charge in [-0.3, -0.25) is 0 Å². The van der Waals surface area contributed by atoms with Gasteiger partial charge < -0.3 is 14.2 Å². The number of hydrogen-bond donors (Lipinski definition) is 0. The summed E-state index contributed by atoms with van der Waals surface area (Å²) in [6.45, 7) is 5.75. The molecule has 0 unspecified atom stereocenters. The predicted octanol–water partition coefficient (Wildman–Crippen LogP) is 6.90. The van der Waals surface area contributed by atoms with E-state index in [0.29, 0.717) is 11.1 Å². The van der Waals surface area contributed by atoms with Gasteiger partial charge in [-0.25, -0.2) is 0 Å². The van der Waals surface area contributed by atoms with Gasteiger partial charge in [0.15, 0.2) is 23.0 Å². The minimum Gasteiger partial charge on any atom is -0.491 e. The highest BCUT2D eigenvalue weighted by Crippen LogP contribution is 2.44. The van der Waals surface area contributed by atoms with Crippen molar-refractivity contribution >= 4 is 0 Å². The van der Waals surface area contributed by atoms with E-state index in [0.717, 1.165) is 18.4 Å². The molecule has 0 aromatic heterocycles. The number of halogens is 3. The number of ether oxygens (including phenoxy) is 3. The van der Waals surface area contributed by atoms with Crippen molar-refractivity contribution in [2.45, 2.75) is 32.8 Å². The molecule has 6 heteroatoms. The van der Waals surface area contributed by atoms with Crippen molar-refractivity contribution in [2.24, 2.45) is 0 Å². The largest absolute Gasteiger partial charge is 0.491 e. The van der Waals surface area contributed by atoms with Crippen molar-refractivity contribution in [3.8, 4) is 23.0 Å². The van der Waals surface area contributed by atoms with E-state index in [9.17, 15) is 8.78 Å². The number of allylic oxidation sites excluding steroid dienone is 1. The van der Waals surface area contributed by atoms with Crippen LogP contribution in [-0.2, 0) is 19.4 Å². The molecular formula is C26H23F3O3. The van der Waals surface area contributed by atoms with Gasteiger partial charge in [0.05, 0.1) is 6.61 Å². The lowest BCUT2D eigenvalue weighted by Gasteiger charge is -2.23. The third-order valence-electron chi connectivity index (χ3n) is 5.29. The van der Waals surface area contributed by atoms with Gasteiger partial charge in [0.2, 0.25) is 17.5 Å². The summed E-state index contributed by atoms with van der Waals surface area (Å²) in [4.78, 5) is 0. The monoisotopic (exact) mass is 440 g/mol. The fourth-order valence-corrected chi connectivity index (χ4v) is 3.62. The number of hydrogen-bond acceptors (Lipinski definition) is 3. The van der Waals surface area contributed by atoms with Crippen LogP contribution in [0.4, 0.5) is 13.2 Å². The molecule has 0 atom stereocenters. The molecule has 0 fully saturated rings. The standard InChI is InChI=1S/C26H23F3O3/c1-3-5-6-16-7-9-17(10-8-16)15-31-20-12-11-18-13-19-14-21(30-4-2)22(27)24(29)26(19)32-25(18)23(20)28/h3,7-12,14H,1,4-6,13,15H2,2H3. The second-order valence-electron chi connectivity index (χ2n) is 7.50. The van der Waals surface area contributed by atoms with Crippen molar-refractivity contribution in [3.05, 3.63) is 94.8 Å². The molecule has 0 bridgehead atoms. The molecule has 3 nitrogen and oxygen atoms in total. The van der Waals surface area contributed by atoms with Gasteiger partial charge in [0.1, 0.15) is 6.61 Å². The molecule has 3 aromatic carbocycles. The Morgan fingerprint density at radius 1 is 0.875 bits per heavy atom. The molecule has 0 aliphatic carbocycles. The van der Waals surface area contributed by atoms with Gasteiger partial charge in [0.25, 0.3) is 0 Å². The van der Waals surface area contributed by atoms with Crippen molar-refractivity contribution in [3.63, 3.8) is 0 Å². The third-order valence-corrected chi connectivity index (χ3v) is 5.29. The normalized spacial score (nSPS) is 11.9. The van der Waals surface area contributed by atoms with E-state index in [1.165, 1.54) is 17.7 Å². The molecule has 0 N–H and O–H groups in total. The minimum absolute atomic E-state index is 0.0187. The lowest BCUT2D eigenvalue weighted by molar-refractivity contribution is 0.281. The summed E-state index contributed by atoms with van der Waals surface area (Å²) >= 11 is 0. The molecular weight excluding hydrogens is 417 g/mol. The Balaban J connectivity index is 1.52. The molecule has 0 saturated heterocycles. The average Bonchev–Trinajstić information content (AvgIpc) is 2.81. The Kier molecular flexibility index (Phi) is 6.40. The van der Waals surface area contributed by atoms with E-state index in [-0.39, 0.29) is 42.6 Å². The van der Waals surface area contributed by atoms with E-state index in [1.807, 2.05) is 30.3 Å². The SMILES string of the molecule is C=CCCc1ccc(COc2ccc3c(c2F)Oc2c(cc(OCC)c(F)c2F)C3)cc1. The summed E-state index contributed by atoms with van der Waals surface area (Å²) in [6, 6.07) is 12.4. The Labute approximate surface area is 185 Å². The van der Waals surface area contributed by atoms with Gasteiger partial charge in [0, 0.05) is 17.5 Å². The van der Waals surface area contributed by atoms with Crippen molar-refractivity contribution in [1.29, 1.82) is 0 Å². The van der Waals surface area contributed by atoms with E-state index in [1.54, 1.807) is 13.0 Å². The fraction of sp³-hybridized carbons (Fsp3) is 0.231. The van der Waals surface area contributed by atoms with E-state index in [4.69, 9.17) is 14.2 Å². The van der Waals surface area contributed by atoms with E-state index in [2.05, 4.69) is 6.58 Å². The van der Waals surface area contributed by atoms with Gasteiger partial charge in [-0.05, 0) is 43.0 Å². The second-order valence-corrected chi connectivity index (χ2v) is 7.50. The summed E-state index contributed by atoms with van der Waals surface area (Å²) in [5.74, 6) is -3.79. The Hall–Kier alpha value is -3.41. The molecule has 0 saturated carbocycles. The van der Waals surface area contributed by atoms with Crippen LogP contribution in [0.2, 0.25) is 0 Å². The highest BCUT2D eigenvalue weighted by molar-refractivity contribution is 5.55. The third kappa shape index (κ3) is 4.31. The fourth-order valence-electron chi connectivity index (χ4n) is 3.62. The highest BCUT2D eigenvalue weighted by Gasteiger charge is 2.29. The van der Waals surface area contributed by atoms with Crippen LogP contribution in [0.3, 0.4) is 0 Å². The van der Waals surface area contributed by atoms with Gasteiger partial charge in [-0.1, -0.05) is 36.4 Å². The van der Waals surface area contributed by atoms with E-state index >= 15 is 4.39 Å². The first kappa shape index (κ1) is 21.8. The Morgan fingerprint density at radius 3 is 2.31 bits per heavy atom.